The third kappa shape index (κ3) is 2.18. The maximum Gasteiger partial charge on any atom is 0.202 e. The smallest absolute Gasteiger partial charge is 0.202 e. The molecule has 0 aromatic carbocycles. The molecule has 0 radical (unpaired) electrons. The standard InChI is InChI=1S/C6H7NO2.C2H6/c1-4-5(2)7-9-6(4)3-8;1-2/h3H,1-2H3;1-2H3. The van der Waals surface area contributed by atoms with Crippen LogP contribution in [0.15, 0.2) is 4.52 Å². The summed E-state index contributed by atoms with van der Waals surface area (Å²) in [6.45, 7) is 7.60. The molecule has 0 aliphatic heterocycles. The topological polar surface area (TPSA) is 43.1 Å². The molecule has 0 atom stereocenters. The van der Waals surface area contributed by atoms with Gasteiger partial charge in [-0.3, -0.25) is 4.79 Å². The van der Waals surface area contributed by atoms with E-state index in [1.165, 1.54) is 0 Å². The van der Waals surface area contributed by atoms with Gasteiger partial charge in [0.2, 0.25) is 5.76 Å². The van der Waals surface area contributed by atoms with Crippen LogP contribution in [-0.2, 0) is 0 Å². The molecule has 1 heterocycles. The van der Waals surface area contributed by atoms with Crippen molar-refractivity contribution in [3.05, 3.63) is 17.0 Å². The van der Waals surface area contributed by atoms with Gasteiger partial charge in [-0.2, -0.15) is 0 Å². The van der Waals surface area contributed by atoms with Gasteiger partial charge in [0, 0.05) is 5.56 Å². The lowest BCUT2D eigenvalue weighted by Gasteiger charge is -1.79. The fourth-order valence-corrected chi connectivity index (χ4v) is 0.543. The Labute approximate surface area is 66.4 Å². The van der Waals surface area contributed by atoms with Crippen LogP contribution in [0.25, 0.3) is 0 Å². The molecule has 0 fully saturated rings. The lowest BCUT2D eigenvalue weighted by molar-refractivity contribution is 0.109. The molecule has 1 aromatic heterocycles. The predicted molar refractivity (Wildman–Crippen MR) is 42.7 cm³/mol. The molecule has 0 unspecified atom stereocenters. The van der Waals surface area contributed by atoms with Crippen LogP contribution < -0.4 is 0 Å². The monoisotopic (exact) mass is 155 g/mol. The number of aryl methyl sites for hydroxylation is 1. The van der Waals surface area contributed by atoms with E-state index in [1.807, 2.05) is 13.8 Å². The third-order valence-electron chi connectivity index (χ3n) is 1.30. The normalized spacial score (nSPS) is 8.36. The number of hydrogen-bond acceptors (Lipinski definition) is 3. The molecule has 0 amide bonds. The van der Waals surface area contributed by atoms with Crippen molar-refractivity contribution in [2.45, 2.75) is 27.7 Å². The Morgan fingerprint density at radius 1 is 1.36 bits per heavy atom. The summed E-state index contributed by atoms with van der Waals surface area (Å²) in [4.78, 5) is 10.1. The number of nitrogens with zero attached hydrogens (tertiary/aromatic N) is 1. The minimum atomic E-state index is 0.326. The molecule has 0 saturated heterocycles. The van der Waals surface area contributed by atoms with Gasteiger partial charge in [-0.25, -0.2) is 0 Å². The Kier molecular flexibility index (Phi) is 4.18. The molecular formula is C8H13NO2. The SMILES string of the molecule is CC.Cc1noc(C=O)c1C. The molecule has 62 valence electrons. The van der Waals surface area contributed by atoms with Gasteiger partial charge < -0.3 is 4.52 Å². The molecule has 0 aliphatic rings. The second-order valence-electron chi connectivity index (χ2n) is 1.88. The van der Waals surface area contributed by atoms with E-state index in [0.29, 0.717) is 12.0 Å². The van der Waals surface area contributed by atoms with E-state index in [-0.39, 0.29) is 0 Å². The van der Waals surface area contributed by atoms with E-state index >= 15 is 0 Å². The summed E-state index contributed by atoms with van der Waals surface area (Å²) in [7, 11) is 0. The van der Waals surface area contributed by atoms with E-state index in [2.05, 4.69) is 9.68 Å². The van der Waals surface area contributed by atoms with Crippen molar-refractivity contribution in [3.63, 3.8) is 0 Å². The zero-order valence-corrected chi connectivity index (χ0v) is 7.34. The first-order valence-corrected chi connectivity index (χ1v) is 3.63. The zero-order chi connectivity index (χ0) is 8.85. The summed E-state index contributed by atoms with van der Waals surface area (Å²) in [6, 6.07) is 0. The van der Waals surface area contributed by atoms with Crippen molar-refractivity contribution in [3.8, 4) is 0 Å². The Balaban J connectivity index is 0.000000461. The van der Waals surface area contributed by atoms with E-state index in [0.717, 1.165) is 11.3 Å². The van der Waals surface area contributed by atoms with Crippen molar-refractivity contribution in [2.24, 2.45) is 0 Å². The molecule has 0 N–H and O–H groups in total. The molecule has 0 spiro atoms. The summed E-state index contributed by atoms with van der Waals surface area (Å²) in [5, 5.41) is 3.58. The Hall–Kier alpha value is -1.12. The summed E-state index contributed by atoms with van der Waals surface area (Å²) >= 11 is 0. The fourth-order valence-electron chi connectivity index (χ4n) is 0.543. The quantitative estimate of drug-likeness (QED) is 0.583. The highest BCUT2D eigenvalue weighted by atomic mass is 16.5. The zero-order valence-electron chi connectivity index (χ0n) is 7.34. The van der Waals surface area contributed by atoms with Crippen molar-refractivity contribution in [1.29, 1.82) is 0 Å². The number of aldehydes is 1. The maximum atomic E-state index is 10.1. The van der Waals surface area contributed by atoms with Crippen LogP contribution in [0.1, 0.15) is 35.7 Å². The molecule has 3 nitrogen and oxygen atoms in total. The van der Waals surface area contributed by atoms with Crippen molar-refractivity contribution in [2.75, 3.05) is 0 Å². The first kappa shape index (κ1) is 9.88. The van der Waals surface area contributed by atoms with Crippen molar-refractivity contribution in [1.82, 2.24) is 5.16 Å². The van der Waals surface area contributed by atoms with E-state index in [1.54, 1.807) is 13.8 Å². The molecule has 1 rings (SSSR count). The van der Waals surface area contributed by atoms with Crippen LogP contribution in [0.2, 0.25) is 0 Å². The number of hydrogen-bond donors (Lipinski definition) is 0. The largest absolute Gasteiger partial charge is 0.353 e. The van der Waals surface area contributed by atoms with Gasteiger partial charge in [0.25, 0.3) is 0 Å². The Bertz CT molecular complexity index is 228. The number of carbonyl (C=O) groups excluding carboxylic acids is 1. The van der Waals surface area contributed by atoms with Gasteiger partial charge in [-0.05, 0) is 13.8 Å². The van der Waals surface area contributed by atoms with Gasteiger partial charge in [-0.1, -0.05) is 19.0 Å². The molecule has 3 heteroatoms. The van der Waals surface area contributed by atoms with E-state index < -0.39 is 0 Å². The molecular weight excluding hydrogens is 142 g/mol. The van der Waals surface area contributed by atoms with Gasteiger partial charge in [0.15, 0.2) is 6.29 Å². The van der Waals surface area contributed by atoms with Crippen LogP contribution in [0.3, 0.4) is 0 Å². The van der Waals surface area contributed by atoms with Crippen molar-refractivity contribution >= 4 is 6.29 Å². The van der Waals surface area contributed by atoms with Gasteiger partial charge in [-0.15, -0.1) is 0 Å². The maximum absolute atomic E-state index is 10.1. The lowest BCUT2D eigenvalue weighted by atomic mass is 10.2. The minimum Gasteiger partial charge on any atom is -0.353 e. The van der Waals surface area contributed by atoms with Crippen LogP contribution >= 0.6 is 0 Å². The highest BCUT2D eigenvalue weighted by Crippen LogP contribution is 2.07. The molecule has 0 saturated carbocycles. The molecule has 1 aromatic rings. The summed E-state index contributed by atoms with van der Waals surface area (Å²) in [6.07, 6.45) is 0.662. The average molecular weight is 155 g/mol. The molecule has 11 heavy (non-hydrogen) atoms. The van der Waals surface area contributed by atoms with Crippen LogP contribution in [0.5, 0.6) is 0 Å². The second kappa shape index (κ2) is 4.66. The highest BCUT2D eigenvalue weighted by Gasteiger charge is 2.04. The van der Waals surface area contributed by atoms with Gasteiger partial charge in [0.05, 0.1) is 5.69 Å². The second-order valence-corrected chi connectivity index (χ2v) is 1.88. The Morgan fingerprint density at radius 2 is 1.91 bits per heavy atom. The summed E-state index contributed by atoms with van der Waals surface area (Å²) in [5.41, 5.74) is 1.60. The van der Waals surface area contributed by atoms with Crippen LogP contribution in [-0.4, -0.2) is 11.4 Å². The van der Waals surface area contributed by atoms with E-state index in [9.17, 15) is 4.79 Å². The first-order valence-electron chi connectivity index (χ1n) is 3.63. The van der Waals surface area contributed by atoms with Crippen LogP contribution in [0.4, 0.5) is 0 Å². The number of aromatic nitrogens is 1. The third-order valence-corrected chi connectivity index (χ3v) is 1.30. The van der Waals surface area contributed by atoms with Gasteiger partial charge in [0.1, 0.15) is 0 Å². The predicted octanol–water partition coefficient (Wildman–Crippen LogP) is 2.13. The number of rotatable bonds is 1. The molecule has 0 bridgehead atoms. The number of carbonyl (C=O) groups is 1. The summed E-state index contributed by atoms with van der Waals surface area (Å²) in [5.74, 6) is 0.326. The van der Waals surface area contributed by atoms with Crippen LogP contribution in [0, 0.1) is 13.8 Å². The minimum absolute atomic E-state index is 0.326. The van der Waals surface area contributed by atoms with Crippen molar-refractivity contribution < 1.29 is 9.32 Å². The molecule has 0 aliphatic carbocycles. The highest BCUT2D eigenvalue weighted by molar-refractivity contribution is 5.72. The summed E-state index contributed by atoms with van der Waals surface area (Å²) < 4.78 is 4.63. The average Bonchev–Trinajstić information content (AvgIpc) is 2.37. The van der Waals surface area contributed by atoms with E-state index in [4.69, 9.17) is 0 Å². The van der Waals surface area contributed by atoms with Gasteiger partial charge >= 0.3 is 0 Å². The first-order chi connectivity index (χ1) is 5.25. The Morgan fingerprint density at radius 3 is 2.09 bits per heavy atom. The lowest BCUT2D eigenvalue weighted by Crippen LogP contribution is -1.78. The fraction of sp³-hybridized carbons (Fsp3) is 0.500.